The summed E-state index contributed by atoms with van der Waals surface area (Å²) in [6, 6.07) is 7.68. The van der Waals surface area contributed by atoms with E-state index in [9.17, 15) is 43.9 Å². The largest absolute Gasteiger partial charge is 0.433 e. The van der Waals surface area contributed by atoms with Crippen LogP contribution in [0.4, 0.5) is 73.4 Å². The van der Waals surface area contributed by atoms with Gasteiger partial charge in [0.2, 0.25) is 35.7 Å². The fourth-order valence-electron chi connectivity index (χ4n) is 4.32. The first kappa shape index (κ1) is 47.1. The van der Waals surface area contributed by atoms with Crippen molar-refractivity contribution in [3.05, 3.63) is 101 Å². The summed E-state index contributed by atoms with van der Waals surface area (Å²) in [5.41, 5.74) is 1.85. The SMILES string of the molecule is CC(C)(C)Nc1nc(N)nc(-c2nc(F)ccc2F)n1.CC(C)(C)Nc1nc(Nc2ccnc(C(F)(F)F)c2)nc(-c2nc(F)ccc2F)n1.FC(F)(F)c1cc(Cl)ccn1. The number of nitrogens with zero attached hydrogens (tertiary/aromatic N) is 10. The third kappa shape index (κ3) is 14.9. The van der Waals surface area contributed by atoms with Crippen molar-refractivity contribution in [3.8, 4) is 23.0 Å². The summed E-state index contributed by atoms with van der Waals surface area (Å²) in [5, 5.41) is 8.56. The Balaban J connectivity index is 0.000000226. The van der Waals surface area contributed by atoms with Gasteiger partial charge in [-0.15, -0.1) is 0 Å². The minimum Gasteiger partial charge on any atom is -0.368 e. The van der Waals surface area contributed by atoms with Crippen LogP contribution in [-0.4, -0.2) is 60.9 Å². The summed E-state index contributed by atoms with van der Waals surface area (Å²) < 4.78 is 129. The van der Waals surface area contributed by atoms with Gasteiger partial charge >= 0.3 is 12.4 Å². The molecule has 0 aromatic carbocycles. The second-order valence-electron chi connectivity index (χ2n) is 14.2. The second-order valence-corrected chi connectivity index (χ2v) is 14.7. The van der Waals surface area contributed by atoms with E-state index in [4.69, 9.17) is 17.3 Å². The van der Waals surface area contributed by atoms with Crippen molar-refractivity contribution < 1.29 is 43.9 Å². The molecule has 0 saturated carbocycles. The highest BCUT2D eigenvalue weighted by Crippen LogP contribution is 2.31. The molecule has 0 radical (unpaired) electrons. The topological polar surface area (TPSA) is 191 Å². The molecule has 5 N–H and O–H groups in total. The number of aromatic nitrogens is 10. The fourth-order valence-corrected chi connectivity index (χ4v) is 4.48. The number of anilines is 5. The van der Waals surface area contributed by atoms with Gasteiger partial charge in [0.05, 0.1) is 0 Å². The van der Waals surface area contributed by atoms with Crippen molar-refractivity contribution in [1.29, 1.82) is 0 Å². The van der Waals surface area contributed by atoms with Crippen LogP contribution in [0.5, 0.6) is 0 Å². The molecule has 0 atom stereocenters. The van der Waals surface area contributed by atoms with E-state index in [0.29, 0.717) is 0 Å². The standard InChI is InChI=1S/C18H16F5N7.C12H14F2N6.C6H3ClF3N/c1-17(2,3)30-16-28-14(13-10(19)4-5-12(20)26-13)27-15(29-16)25-9-6-7-24-11(8-9)18(21,22)23;1-12(2,3)20-11-18-9(17-10(15)19-11)8-6(13)4-5-7(14)16-8;7-4-1-2-11-5(3-4)6(8,9)10/h4-8H,1-3H3,(H2,24,25,27,28,29,30);4-5H,1-3H3,(H3,15,17,18,19,20);1-3H. The van der Waals surface area contributed by atoms with Gasteiger partial charge < -0.3 is 21.7 Å². The van der Waals surface area contributed by atoms with Crippen LogP contribution in [0.25, 0.3) is 23.0 Å². The van der Waals surface area contributed by atoms with Crippen LogP contribution in [-0.2, 0) is 12.4 Å². The van der Waals surface area contributed by atoms with E-state index in [1.54, 1.807) is 0 Å². The molecule has 6 heterocycles. The maximum Gasteiger partial charge on any atom is 0.433 e. The molecule has 0 aliphatic carbocycles. The van der Waals surface area contributed by atoms with Crippen molar-refractivity contribution in [1.82, 2.24) is 49.8 Å². The molecule has 0 spiro atoms. The first-order valence-electron chi connectivity index (χ1n) is 17.1. The van der Waals surface area contributed by atoms with Crippen LogP contribution in [0.1, 0.15) is 52.9 Å². The molecule has 0 unspecified atom stereocenters. The normalized spacial score (nSPS) is 11.8. The molecule has 0 aliphatic heterocycles. The van der Waals surface area contributed by atoms with Crippen LogP contribution in [0.2, 0.25) is 5.02 Å². The molecular formula is C36H33ClF10N14. The molecule has 0 fully saturated rings. The Morgan fingerprint density at radius 2 is 0.967 bits per heavy atom. The number of pyridine rings is 4. The van der Waals surface area contributed by atoms with E-state index >= 15 is 0 Å². The minimum absolute atomic E-state index is 0.00874. The first-order valence-corrected chi connectivity index (χ1v) is 17.5. The van der Waals surface area contributed by atoms with Crippen molar-refractivity contribution >= 4 is 41.1 Å². The highest BCUT2D eigenvalue weighted by molar-refractivity contribution is 6.30. The molecule has 6 aromatic heterocycles. The minimum atomic E-state index is -4.64. The first-order chi connectivity index (χ1) is 28.1. The summed E-state index contributed by atoms with van der Waals surface area (Å²) >= 11 is 5.31. The third-order valence-electron chi connectivity index (χ3n) is 6.63. The zero-order valence-electron chi connectivity index (χ0n) is 32.5. The van der Waals surface area contributed by atoms with Gasteiger partial charge in [-0.1, -0.05) is 11.6 Å². The van der Waals surface area contributed by atoms with Gasteiger partial charge in [0.15, 0.2) is 23.3 Å². The Hall–Kier alpha value is -6.59. The van der Waals surface area contributed by atoms with Crippen molar-refractivity contribution in [2.24, 2.45) is 0 Å². The number of hydrogen-bond donors (Lipinski definition) is 4. The average molecular weight is 887 g/mol. The summed E-state index contributed by atoms with van der Waals surface area (Å²) in [6.45, 7) is 11.1. The van der Waals surface area contributed by atoms with Crippen LogP contribution < -0.4 is 21.7 Å². The van der Waals surface area contributed by atoms with Gasteiger partial charge in [0.1, 0.15) is 22.8 Å². The lowest BCUT2D eigenvalue weighted by Crippen LogP contribution is -2.28. The van der Waals surface area contributed by atoms with Crippen molar-refractivity contribution in [3.63, 3.8) is 0 Å². The maximum absolute atomic E-state index is 14.2. The number of hydrogen-bond acceptors (Lipinski definition) is 14. The molecule has 61 heavy (non-hydrogen) atoms. The zero-order valence-corrected chi connectivity index (χ0v) is 33.2. The number of alkyl halides is 6. The molecule has 0 saturated heterocycles. The monoisotopic (exact) mass is 886 g/mol. The smallest absolute Gasteiger partial charge is 0.368 e. The molecular weight excluding hydrogens is 854 g/mol. The Bertz CT molecular complexity index is 2460. The van der Waals surface area contributed by atoms with Crippen LogP contribution in [0.3, 0.4) is 0 Å². The highest BCUT2D eigenvalue weighted by atomic mass is 35.5. The lowest BCUT2D eigenvalue weighted by molar-refractivity contribution is -0.141. The van der Waals surface area contributed by atoms with Gasteiger partial charge in [-0.05, 0) is 90.1 Å². The molecule has 6 rings (SSSR count). The predicted octanol–water partition coefficient (Wildman–Crippen LogP) is 9.34. The number of halogens is 11. The van der Waals surface area contributed by atoms with E-state index in [1.165, 1.54) is 12.1 Å². The van der Waals surface area contributed by atoms with Gasteiger partial charge in [0.25, 0.3) is 0 Å². The average Bonchev–Trinajstić information content (AvgIpc) is 3.12. The quantitative estimate of drug-likeness (QED) is 0.0914. The summed E-state index contributed by atoms with van der Waals surface area (Å²) in [5.74, 6) is -3.96. The lowest BCUT2D eigenvalue weighted by atomic mass is 10.1. The van der Waals surface area contributed by atoms with Crippen LogP contribution in [0, 0.1) is 23.5 Å². The summed E-state index contributed by atoms with van der Waals surface area (Å²) in [4.78, 5) is 37.1. The van der Waals surface area contributed by atoms with Gasteiger partial charge in [-0.25, -0.2) is 18.7 Å². The Morgan fingerprint density at radius 3 is 1.43 bits per heavy atom. The van der Waals surface area contributed by atoms with Crippen molar-refractivity contribution in [2.45, 2.75) is 65.0 Å². The fraction of sp³-hybridized carbons (Fsp3) is 0.278. The number of nitrogen functional groups attached to an aromatic ring is 1. The van der Waals surface area contributed by atoms with Gasteiger partial charge in [0, 0.05) is 34.2 Å². The molecule has 14 nitrogen and oxygen atoms in total. The highest BCUT2D eigenvalue weighted by Gasteiger charge is 2.33. The Kier molecular flexibility index (Phi) is 14.5. The van der Waals surface area contributed by atoms with E-state index in [1.807, 2.05) is 41.5 Å². The molecule has 0 aliphatic rings. The van der Waals surface area contributed by atoms with E-state index in [0.717, 1.165) is 48.8 Å². The summed E-state index contributed by atoms with van der Waals surface area (Å²) in [7, 11) is 0. The van der Waals surface area contributed by atoms with Crippen molar-refractivity contribution in [2.75, 3.05) is 21.7 Å². The van der Waals surface area contributed by atoms with Gasteiger partial charge in [-0.2, -0.15) is 65.0 Å². The number of rotatable bonds is 6. The van der Waals surface area contributed by atoms with E-state index in [-0.39, 0.29) is 57.4 Å². The molecule has 6 aromatic rings. The molecule has 0 amide bonds. The van der Waals surface area contributed by atoms with Crippen LogP contribution >= 0.6 is 11.6 Å². The molecule has 0 bridgehead atoms. The van der Waals surface area contributed by atoms with E-state index < -0.39 is 58.5 Å². The number of nitrogens with two attached hydrogens (primary N) is 1. The van der Waals surface area contributed by atoms with Gasteiger partial charge in [-0.3, -0.25) is 9.97 Å². The van der Waals surface area contributed by atoms with E-state index in [2.05, 4.69) is 65.8 Å². The Morgan fingerprint density at radius 1 is 0.525 bits per heavy atom. The molecule has 25 heteroatoms. The number of nitrogens with one attached hydrogen (secondary N) is 3. The maximum atomic E-state index is 14.2. The zero-order chi connectivity index (χ0) is 45.5. The lowest BCUT2D eigenvalue weighted by Gasteiger charge is -2.21. The van der Waals surface area contributed by atoms with Crippen LogP contribution in [0.15, 0.2) is 60.9 Å². The second kappa shape index (κ2) is 18.8. The predicted molar refractivity (Wildman–Crippen MR) is 204 cm³/mol. The third-order valence-corrected chi connectivity index (χ3v) is 6.86. The summed E-state index contributed by atoms with van der Waals surface area (Å²) in [6.07, 6.45) is -7.07. The Labute approximate surface area is 345 Å². The molecule has 324 valence electrons.